The van der Waals surface area contributed by atoms with Crippen molar-refractivity contribution in [2.45, 2.75) is 25.8 Å². The van der Waals surface area contributed by atoms with E-state index in [4.69, 9.17) is 15.2 Å². The first-order valence-corrected chi connectivity index (χ1v) is 6.82. The third kappa shape index (κ3) is 4.42. The Hall–Kier alpha value is -2.15. The minimum atomic E-state index is -0.602. The number of rotatable bonds is 4. The molecule has 0 spiro atoms. The molecule has 1 amide bonds. The largest absolute Gasteiger partial charge is 0.452 e. The number of aryl methyl sites for hydroxylation is 1. The Kier molecular flexibility index (Phi) is 5.10. The number of hydrogen-bond acceptors (Lipinski definition) is 6. The topological polar surface area (TPSA) is 104 Å². The standard InChI is InChI=1S/C14H19N3O4/c1-9-12(6-10(15)7-16-9)14(19)21-8-13(18)17-11-2-4-20-5-3-11/h6-7,11H,2-5,8,15H2,1H3,(H,17,18). The zero-order valence-corrected chi connectivity index (χ0v) is 11.9. The normalized spacial score (nSPS) is 15.5. The van der Waals surface area contributed by atoms with Crippen LogP contribution >= 0.6 is 0 Å². The van der Waals surface area contributed by atoms with Crippen molar-refractivity contribution in [2.24, 2.45) is 0 Å². The van der Waals surface area contributed by atoms with Crippen LogP contribution in [0.3, 0.4) is 0 Å². The summed E-state index contributed by atoms with van der Waals surface area (Å²) in [5.41, 5.74) is 6.74. The van der Waals surface area contributed by atoms with Crippen LogP contribution in [0.25, 0.3) is 0 Å². The number of esters is 1. The third-order valence-electron chi connectivity index (χ3n) is 3.25. The molecule has 1 aliphatic rings. The van der Waals surface area contributed by atoms with Gasteiger partial charge in [-0.2, -0.15) is 0 Å². The van der Waals surface area contributed by atoms with Crippen LogP contribution in [-0.2, 0) is 14.3 Å². The van der Waals surface area contributed by atoms with Crippen molar-refractivity contribution in [1.29, 1.82) is 0 Å². The molecule has 0 aromatic carbocycles. The van der Waals surface area contributed by atoms with Crippen LogP contribution in [-0.4, -0.2) is 42.7 Å². The van der Waals surface area contributed by atoms with Crippen LogP contribution in [0.5, 0.6) is 0 Å². The second-order valence-corrected chi connectivity index (χ2v) is 4.93. The van der Waals surface area contributed by atoms with Crippen LogP contribution in [0.15, 0.2) is 12.3 Å². The predicted molar refractivity (Wildman–Crippen MR) is 75.7 cm³/mol. The SMILES string of the molecule is Cc1ncc(N)cc1C(=O)OCC(=O)NC1CCOCC1. The molecule has 0 saturated carbocycles. The van der Waals surface area contributed by atoms with Gasteiger partial charge in [0.05, 0.1) is 23.1 Å². The first-order chi connectivity index (χ1) is 10.1. The van der Waals surface area contributed by atoms with Crippen molar-refractivity contribution in [3.8, 4) is 0 Å². The van der Waals surface area contributed by atoms with E-state index in [-0.39, 0.29) is 24.1 Å². The summed E-state index contributed by atoms with van der Waals surface area (Å²) < 4.78 is 10.2. The summed E-state index contributed by atoms with van der Waals surface area (Å²) in [6.07, 6.45) is 3.01. The molecular weight excluding hydrogens is 274 g/mol. The van der Waals surface area contributed by atoms with Gasteiger partial charge < -0.3 is 20.5 Å². The lowest BCUT2D eigenvalue weighted by Crippen LogP contribution is -2.41. The average molecular weight is 293 g/mol. The second-order valence-electron chi connectivity index (χ2n) is 4.93. The molecule has 0 radical (unpaired) electrons. The molecule has 2 heterocycles. The van der Waals surface area contributed by atoms with E-state index in [0.717, 1.165) is 12.8 Å². The van der Waals surface area contributed by atoms with Gasteiger partial charge in [-0.25, -0.2) is 4.79 Å². The molecule has 1 aliphatic heterocycles. The predicted octanol–water partition coefficient (Wildman–Crippen LogP) is 0.424. The molecule has 1 aromatic heterocycles. The third-order valence-corrected chi connectivity index (χ3v) is 3.25. The van der Waals surface area contributed by atoms with Crippen LogP contribution in [0.4, 0.5) is 5.69 Å². The van der Waals surface area contributed by atoms with Crippen molar-refractivity contribution in [3.05, 3.63) is 23.5 Å². The number of anilines is 1. The number of pyridine rings is 1. The molecular formula is C14H19N3O4. The summed E-state index contributed by atoms with van der Waals surface area (Å²) in [7, 11) is 0. The molecule has 3 N–H and O–H groups in total. The first kappa shape index (κ1) is 15.2. The summed E-state index contributed by atoms with van der Waals surface area (Å²) in [4.78, 5) is 27.6. The molecule has 7 heteroatoms. The van der Waals surface area contributed by atoms with E-state index in [0.29, 0.717) is 24.6 Å². The molecule has 0 atom stereocenters. The van der Waals surface area contributed by atoms with Gasteiger partial charge in [0.2, 0.25) is 0 Å². The highest BCUT2D eigenvalue weighted by molar-refractivity contribution is 5.93. The number of nitrogens with one attached hydrogen (secondary N) is 1. The number of hydrogen-bond donors (Lipinski definition) is 2. The Labute approximate surface area is 122 Å². The lowest BCUT2D eigenvalue weighted by molar-refractivity contribution is -0.125. The number of nitrogens with zero attached hydrogens (tertiary/aromatic N) is 1. The highest BCUT2D eigenvalue weighted by Gasteiger charge is 2.18. The van der Waals surface area contributed by atoms with Crippen LogP contribution in [0.2, 0.25) is 0 Å². The van der Waals surface area contributed by atoms with Gasteiger partial charge >= 0.3 is 5.97 Å². The maximum Gasteiger partial charge on any atom is 0.340 e. The zero-order valence-electron chi connectivity index (χ0n) is 11.9. The Morgan fingerprint density at radius 2 is 2.19 bits per heavy atom. The minimum Gasteiger partial charge on any atom is -0.452 e. The maximum atomic E-state index is 11.9. The number of ether oxygens (including phenoxy) is 2. The van der Waals surface area contributed by atoms with E-state index in [1.807, 2.05) is 0 Å². The highest BCUT2D eigenvalue weighted by Crippen LogP contribution is 2.11. The van der Waals surface area contributed by atoms with Gasteiger partial charge in [0.25, 0.3) is 5.91 Å². The molecule has 2 rings (SSSR count). The van der Waals surface area contributed by atoms with E-state index in [9.17, 15) is 9.59 Å². The first-order valence-electron chi connectivity index (χ1n) is 6.82. The number of amides is 1. The molecule has 1 saturated heterocycles. The van der Waals surface area contributed by atoms with Crippen LogP contribution < -0.4 is 11.1 Å². The van der Waals surface area contributed by atoms with Gasteiger partial charge in [0.1, 0.15) is 0 Å². The van der Waals surface area contributed by atoms with E-state index < -0.39 is 5.97 Å². The lowest BCUT2D eigenvalue weighted by atomic mass is 10.1. The number of nitrogen functional groups attached to an aromatic ring is 1. The van der Waals surface area contributed by atoms with Gasteiger partial charge in [-0.1, -0.05) is 0 Å². The van der Waals surface area contributed by atoms with Crippen LogP contribution in [0.1, 0.15) is 28.9 Å². The van der Waals surface area contributed by atoms with Gasteiger partial charge in [-0.3, -0.25) is 9.78 Å². The Bertz CT molecular complexity index is 527. The summed E-state index contributed by atoms with van der Waals surface area (Å²) >= 11 is 0. The van der Waals surface area contributed by atoms with Gasteiger partial charge in [0, 0.05) is 19.3 Å². The number of nitrogens with two attached hydrogens (primary N) is 1. The van der Waals surface area contributed by atoms with Gasteiger partial charge in [-0.15, -0.1) is 0 Å². The number of aromatic nitrogens is 1. The van der Waals surface area contributed by atoms with Crippen molar-refractivity contribution >= 4 is 17.6 Å². The van der Waals surface area contributed by atoms with Gasteiger partial charge in [-0.05, 0) is 25.8 Å². The van der Waals surface area contributed by atoms with Crippen molar-refractivity contribution in [2.75, 3.05) is 25.6 Å². The molecule has 0 aliphatic carbocycles. The summed E-state index contributed by atoms with van der Waals surface area (Å²) in [6, 6.07) is 1.57. The molecule has 0 unspecified atom stereocenters. The molecule has 1 fully saturated rings. The smallest absolute Gasteiger partial charge is 0.340 e. The van der Waals surface area contributed by atoms with E-state index in [2.05, 4.69) is 10.3 Å². The highest BCUT2D eigenvalue weighted by atomic mass is 16.5. The number of carbonyl (C=O) groups is 2. The Morgan fingerprint density at radius 3 is 2.90 bits per heavy atom. The molecule has 114 valence electrons. The molecule has 0 bridgehead atoms. The monoisotopic (exact) mass is 293 g/mol. The quantitative estimate of drug-likeness (QED) is 0.780. The van der Waals surface area contributed by atoms with Crippen LogP contribution in [0, 0.1) is 6.92 Å². The van der Waals surface area contributed by atoms with E-state index in [1.165, 1.54) is 12.3 Å². The fourth-order valence-electron chi connectivity index (χ4n) is 2.08. The Balaban J connectivity index is 1.82. The fraction of sp³-hybridized carbons (Fsp3) is 0.500. The summed E-state index contributed by atoms with van der Waals surface area (Å²) in [5, 5.41) is 2.82. The van der Waals surface area contributed by atoms with Gasteiger partial charge in [0.15, 0.2) is 6.61 Å². The van der Waals surface area contributed by atoms with E-state index in [1.54, 1.807) is 6.92 Å². The summed E-state index contributed by atoms with van der Waals surface area (Å²) in [6.45, 7) is 2.64. The summed E-state index contributed by atoms with van der Waals surface area (Å²) in [5.74, 6) is -0.917. The second kappa shape index (κ2) is 7.03. The molecule has 7 nitrogen and oxygen atoms in total. The molecule has 21 heavy (non-hydrogen) atoms. The van der Waals surface area contributed by atoms with Crippen molar-refractivity contribution < 1.29 is 19.1 Å². The molecule has 1 aromatic rings. The lowest BCUT2D eigenvalue weighted by Gasteiger charge is -2.22. The fourth-order valence-corrected chi connectivity index (χ4v) is 2.08. The van der Waals surface area contributed by atoms with E-state index >= 15 is 0 Å². The minimum absolute atomic E-state index is 0.0840. The maximum absolute atomic E-state index is 11.9. The zero-order chi connectivity index (χ0) is 15.2. The van der Waals surface area contributed by atoms with Crippen molar-refractivity contribution in [1.82, 2.24) is 10.3 Å². The number of carbonyl (C=O) groups excluding carboxylic acids is 2. The Morgan fingerprint density at radius 1 is 1.48 bits per heavy atom. The average Bonchev–Trinajstić information content (AvgIpc) is 2.48. The van der Waals surface area contributed by atoms with Crippen molar-refractivity contribution in [3.63, 3.8) is 0 Å².